The third-order valence-electron chi connectivity index (χ3n) is 0. The SMILES string of the molecule is C[C-]=O.[Ni]. The number of hydrogen-bond donors (Lipinski definition) is 0. The molecular formula is C2H3NiO-. The zero-order valence-electron chi connectivity index (χ0n) is 2.22. The Labute approximate surface area is 35.3 Å². The largest absolute Gasteiger partial charge is 0.542 e. The normalized spacial score (nSPS) is 3.25. The molecule has 0 heterocycles. The Bertz CT molecular complexity index is 13.5. The Morgan fingerprint density at radius 3 is 1.75 bits per heavy atom. The average molecular weight is 102 g/mol. The molecule has 0 unspecified atom stereocenters. The van der Waals surface area contributed by atoms with Crippen molar-refractivity contribution < 1.29 is 21.3 Å². The minimum Gasteiger partial charge on any atom is -0.542 e. The van der Waals surface area contributed by atoms with Crippen LogP contribution in [0.25, 0.3) is 0 Å². The molecule has 0 saturated carbocycles. The van der Waals surface area contributed by atoms with Gasteiger partial charge in [0.05, 0.1) is 0 Å². The summed E-state index contributed by atoms with van der Waals surface area (Å²) in [6, 6.07) is 0. The number of hydrogen-bond acceptors (Lipinski definition) is 1. The Morgan fingerprint density at radius 2 is 1.75 bits per heavy atom. The molecular weight excluding hydrogens is 98.7 g/mol. The van der Waals surface area contributed by atoms with Crippen molar-refractivity contribution in [1.82, 2.24) is 0 Å². The van der Waals surface area contributed by atoms with E-state index in [-0.39, 0.29) is 16.5 Å². The van der Waals surface area contributed by atoms with Gasteiger partial charge < -0.3 is 4.79 Å². The van der Waals surface area contributed by atoms with Crippen LogP contribution in [0, 0.1) is 0 Å². The molecule has 0 bridgehead atoms. The van der Waals surface area contributed by atoms with Gasteiger partial charge in [-0.05, 0) is 0 Å². The first kappa shape index (κ1) is 8.90. The fraction of sp³-hybridized carbons (Fsp3) is 0.500. The van der Waals surface area contributed by atoms with Gasteiger partial charge in [0.15, 0.2) is 0 Å². The van der Waals surface area contributed by atoms with Crippen LogP contribution >= 0.6 is 0 Å². The van der Waals surface area contributed by atoms with E-state index in [1.807, 2.05) is 0 Å². The minimum atomic E-state index is 0. The van der Waals surface area contributed by atoms with E-state index in [2.05, 4.69) is 0 Å². The predicted molar refractivity (Wildman–Crippen MR) is 11.4 cm³/mol. The molecule has 0 aliphatic rings. The summed E-state index contributed by atoms with van der Waals surface area (Å²) >= 11 is 0. The third kappa shape index (κ3) is 110. The van der Waals surface area contributed by atoms with Crippen molar-refractivity contribution in [2.45, 2.75) is 6.92 Å². The summed E-state index contributed by atoms with van der Waals surface area (Å²) in [5, 5.41) is 0. The predicted octanol–water partition coefficient (Wildman–Crippen LogP) is 0.113. The molecule has 0 saturated heterocycles. The van der Waals surface area contributed by atoms with E-state index >= 15 is 0 Å². The van der Waals surface area contributed by atoms with Crippen LogP contribution in [0.15, 0.2) is 0 Å². The molecule has 0 atom stereocenters. The van der Waals surface area contributed by atoms with Crippen molar-refractivity contribution in [1.29, 1.82) is 0 Å². The van der Waals surface area contributed by atoms with Gasteiger partial charge in [-0.15, -0.1) is 0 Å². The molecule has 0 rings (SSSR count). The van der Waals surface area contributed by atoms with E-state index in [0.717, 1.165) is 0 Å². The monoisotopic (exact) mass is 101 g/mol. The van der Waals surface area contributed by atoms with Gasteiger partial charge in [0.2, 0.25) is 0 Å². The van der Waals surface area contributed by atoms with Crippen LogP contribution in [0.4, 0.5) is 0 Å². The van der Waals surface area contributed by atoms with Crippen LogP contribution in [-0.2, 0) is 21.3 Å². The second-order valence-corrected chi connectivity index (χ2v) is 0.204. The van der Waals surface area contributed by atoms with E-state index in [0.29, 0.717) is 0 Å². The van der Waals surface area contributed by atoms with Gasteiger partial charge in [-0.3, -0.25) is 6.29 Å². The summed E-state index contributed by atoms with van der Waals surface area (Å²) in [6.45, 7) is 1.32. The molecule has 2 heteroatoms. The van der Waals surface area contributed by atoms with Crippen LogP contribution in [-0.4, -0.2) is 6.29 Å². The molecule has 0 aromatic carbocycles. The summed E-state index contributed by atoms with van der Waals surface area (Å²) in [5.41, 5.74) is 0. The zero-order valence-corrected chi connectivity index (χ0v) is 3.21. The zero-order chi connectivity index (χ0) is 2.71. The Balaban J connectivity index is 0. The van der Waals surface area contributed by atoms with Gasteiger partial charge in [0.1, 0.15) is 0 Å². The van der Waals surface area contributed by atoms with Crippen LogP contribution in [0.2, 0.25) is 0 Å². The van der Waals surface area contributed by atoms with E-state index < -0.39 is 0 Å². The second-order valence-electron chi connectivity index (χ2n) is 0.204. The molecule has 0 aliphatic heterocycles. The first-order valence-electron chi connectivity index (χ1n) is 0.704. The minimum absolute atomic E-state index is 0. The number of rotatable bonds is 0. The molecule has 4 heavy (non-hydrogen) atoms. The summed E-state index contributed by atoms with van der Waals surface area (Å²) in [4.78, 5) is 8.68. The van der Waals surface area contributed by atoms with Gasteiger partial charge in [0.25, 0.3) is 0 Å². The van der Waals surface area contributed by atoms with E-state index in [1.54, 1.807) is 0 Å². The maximum Gasteiger partial charge on any atom is 0 e. The van der Waals surface area contributed by atoms with Gasteiger partial charge in [-0.2, -0.15) is 6.92 Å². The summed E-state index contributed by atoms with van der Waals surface area (Å²) in [5.74, 6) is 0. The van der Waals surface area contributed by atoms with Crippen LogP contribution in [0.5, 0.6) is 0 Å². The van der Waals surface area contributed by atoms with Crippen LogP contribution in [0.3, 0.4) is 0 Å². The van der Waals surface area contributed by atoms with Crippen molar-refractivity contribution in [2.75, 3.05) is 0 Å². The Morgan fingerprint density at radius 1 is 1.75 bits per heavy atom. The van der Waals surface area contributed by atoms with Crippen molar-refractivity contribution in [3.63, 3.8) is 0 Å². The van der Waals surface area contributed by atoms with Gasteiger partial charge in [-0.1, -0.05) is 0 Å². The second kappa shape index (κ2) is 10.9. The summed E-state index contributed by atoms with van der Waals surface area (Å²) in [7, 11) is 0. The molecule has 0 N–H and O–H groups in total. The third-order valence-corrected chi connectivity index (χ3v) is 0. The molecule has 0 aliphatic carbocycles. The standard InChI is InChI=1S/C2H3O.Ni/c1-2-3;/h1H3;/q-1;. The Kier molecular flexibility index (Phi) is 24.3. The maximum absolute atomic E-state index is 8.68. The smallest absolute Gasteiger partial charge is 0 e. The first-order valence-corrected chi connectivity index (χ1v) is 0.704. The number of carbonyl (C=O) groups excluding carboxylic acids is 1. The van der Waals surface area contributed by atoms with E-state index in [4.69, 9.17) is 4.79 Å². The van der Waals surface area contributed by atoms with Gasteiger partial charge >= 0.3 is 0 Å². The topological polar surface area (TPSA) is 17.1 Å². The summed E-state index contributed by atoms with van der Waals surface area (Å²) < 4.78 is 0. The van der Waals surface area contributed by atoms with Crippen molar-refractivity contribution in [2.24, 2.45) is 0 Å². The van der Waals surface area contributed by atoms with Crippen LogP contribution in [0.1, 0.15) is 6.92 Å². The average Bonchev–Trinajstić information content (AvgIpc) is 0.918. The van der Waals surface area contributed by atoms with Gasteiger partial charge in [-0.25, -0.2) is 0 Å². The maximum atomic E-state index is 8.68. The molecule has 0 radical (unpaired) electrons. The first-order chi connectivity index (χ1) is 1.41. The molecule has 0 aromatic rings. The summed E-state index contributed by atoms with van der Waals surface area (Å²) in [6.07, 6.45) is 1.50. The van der Waals surface area contributed by atoms with E-state index in [1.165, 1.54) is 13.2 Å². The van der Waals surface area contributed by atoms with Crippen LogP contribution < -0.4 is 0 Å². The molecule has 0 aromatic heterocycles. The quantitative estimate of drug-likeness (QED) is 0.313. The van der Waals surface area contributed by atoms with E-state index in [9.17, 15) is 0 Å². The van der Waals surface area contributed by atoms with Crippen molar-refractivity contribution in [3.05, 3.63) is 0 Å². The molecule has 0 spiro atoms. The molecule has 0 amide bonds. The van der Waals surface area contributed by atoms with Gasteiger partial charge in [0, 0.05) is 16.5 Å². The van der Waals surface area contributed by atoms with Crippen molar-refractivity contribution in [3.8, 4) is 0 Å². The molecule has 1 nitrogen and oxygen atoms in total. The Hall–Kier alpha value is 0.164. The fourth-order valence-electron chi connectivity index (χ4n) is 0. The molecule has 28 valence electrons. The fourth-order valence-corrected chi connectivity index (χ4v) is 0. The molecule has 0 fully saturated rings. The van der Waals surface area contributed by atoms with Crippen molar-refractivity contribution >= 4 is 6.29 Å².